The summed E-state index contributed by atoms with van der Waals surface area (Å²) in [5.74, 6) is 0.842. The van der Waals surface area contributed by atoms with Gasteiger partial charge in [0, 0.05) is 17.3 Å². The summed E-state index contributed by atoms with van der Waals surface area (Å²) >= 11 is 0. The monoisotopic (exact) mass is 262 g/mol. The number of nitrogens with zero attached hydrogens (tertiary/aromatic N) is 3. The highest BCUT2D eigenvalue weighted by molar-refractivity contribution is 5.25. The SMILES string of the molecule is OCCn1ncc2c1CCCC2NCc1cnco1. The molecule has 1 atom stereocenters. The Kier molecular flexibility index (Phi) is 3.61. The van der Waals surface area contributed by atoms with Crippen molar-refractivity contribution in [1.82, 2.24) is 20.1 Å². The quantitative estimate of drug-likeness (QED) is 0.841. The lowest BCUT2D eigenvalue weighted by atomic mass is 9.93. The molecular weight excluding hydrogens is 244 g/mol. The van der Waals surface area contributed by atoms with E-state index in [4.69, 9.17) is 9.52 Å². The molecule has 1 aliphatic rings. The summed E-state index contributed by atoms with van der Waals surface area (Å²) in [5, 5.41) is 16.9. The molecule has 2 N–H and O–H groups in total. The molecular formula is C13H18N4O2. The molecule has 2 aromatic heterocycles. The molecule has 19 heavy (non-hydrogen) atoms. The fraction of sp³-hybridized carbons (Fsp3) is 0.538. The highest BCUT2D eigenvalue weighted by Gasteiger charge is 2.23. The predicted molar refractivity (Wildman–Crippen MR) is 68.3 cm³/mol. The Morgan fingerprint density at radius 3 is 3.21 bits per heavy atom. The maximum absolute atomic E-state index is 9.04. The van der Waals surface area contributed by atoms with Crippen LogP contribution in [0.2, 0.25) is 0 Å². The third kappa shape index (κ3) is 2.54. The summed E-state index contributed by atoms with van der Waals surface area (Å²) in [7, 11) is 0. The molecule has 2 heterocycles. The second kappa shape index (κ2) is 5.54. The molecule has 0 aromatic carbocycles. The molecule has 3 rings (SSSR count). The topological polar surface area (TPSA) is 76.1 Å². The number of hydrogen-bond donors (Lipinski definition) is 2. The molecule has 0 bridgehead atoms. The Bertz CT molecular complexity index is 521. The van der Waals surface area contributed by atoms with E-state index in [1.165, 1.54) is 17.7 Å². The lowest BCUT2D eigenvalue weighted by Gasteiger charge is -2.23. The van der Waals surface area contributed by atoms with Gasteiger partial charge in [-0.3, -0.25) is 4.68 Å². The Morgan fingerprint density at radius 2 is 2.42 bits per heavy atom. The molecule has 0 spiro atoms. The average Bonchev–Trinajstić information content (AvgIpc) is 3.07. The van der Waals surface area contributed by atoms with Crippen molar-refractivity contribution >= 4 is 0 Å². The molecule has 1 aliphatic carbocycles. The Hall–Kier alpha value is -1.66. The number of hydrogen-bond acceptors (Lipinski definition) is 5. The van der Waals surface area contributed by atoms with E-state index >= 15 is 0 Å². The standard InChI is InChI=1S/C13H18N4O2/c18-5-4-17-13-3-1-2-12(11(13)8-16-17)15-7-10-6-14-9-19-10/h6,8-9,12,15,18H,1-5,7H2. The first-order chi connectivity index (χ1) is 9.38. The molecule has 6 heteroatoms. The third-order valence-electron chi connectivity index (χ3n) is 3.58. The summed E-state index contributed by atoms with van der Waals surface area (Å²) in [6, 6.07) is 0.307. The fourth-order valence-corrected chi connectivity index (χ4v) is 2.67. The number of oxazole rings is 1. The van der Waals surface area contributed by atoms with Crippen LogP contribution in [0.15, 0.2) is 23.2 Å². The number of aromatic nitrogens is 3. The molecule has 1 unspecified atom stereocenters. The zero-order chi connectivity index (χ0) is 13.1. The van der Waals surface area contributed by atoms with E-state index in [1.807, 2.05) is 10.9 Å². The number of aliphatic hydroxyl groups excluding tert-OH is 1. The van der Waals surface area contributed by atoms with Gasteiger partial charge in [0.2, 0.25) is 0 Å². The summed E-state index contributed by atoms with van der Waals surface area (Å²) < 4.78 is 7.14. The molecule has 6 nitrogen and oxygen atoms in total. The lowest BCUT2D eigenvalue weighted by molar-refractivity contribution is 0.266. The molecule has 0 saturated carbocycles. The van der Waals surface area contributed by atoms with Crippen molar-refractivity contribution in [3.05, 3.63) is 35.8 Å². The molecule has 102 valence electrons. The number of fused-ring (bicyclic) bond motifs is 1. The van der Waals surface area contributed by atoms with Gasteiger partial charge in [-0.1, -0.05) is 0 Å². The summed E-state index contributed by atoms with van der Waals surface area (Å²) in [5.41, 5.74) is 2.49. The summed E-state index contributed by atoms with van der Waals surface area (Å²) in [6.45, 7) is 1.38. The van der Waals surface area contributed by atoms with Gasteiger partial charge in [0.05, 0.1) is 32.1 Å². The van der Waals surface area contributed by atoms with E-state index in [1.54, 1.807) is 6.20 Å². The fourth-order valence-electron chi connectivity index (χ4n) is 2.67. The van der Waals surface area contributed by atoms with Gasteiger partial charge in [0.1, 0.15) is 5.76 Å². The molecule has 0 amide bonds. The van der Waals surface area contributed by atoms with Gasteiger partial charge in [0.25, 0.3) is 0 Å². The highest BCUT2D eigenvalue weighted by atomic mass is 16.3. The maximum Gasteiger partial charge on any atom is 0.180 e. The first-order valence-electron chi connectivity index (χ1n) is 6.64. The van der Waals surface area contributed by atoms with Crippen molar-refractivity contribution in [2.75, 3.05) is 6.61 Å². The number of rotatable bonds is 5. The van der Waals surface area contributed by atoms with E-state index in [0.717, 1.165) is 25.0 Å². The first kappa shape index (κ1) is 12.4. The van der Waals surface area contributed by atoms with Crippen LogP contribution < -0.4 is 5.32 Å². The first-order valence-corrected chi connectivity index (χ1v) is 6.64. The second-order valence-electron chi connectivity index (χ2n) is 4.79. The van der Waals surface area contributed by atoms with Crippen molar-refractivity contribution in [2.24, 2.45) is 0 Å². The third-order valence-corrected chi connectivity index (χ3v) is 3.58. The zero-order valence-electron chi connectivity index (χ0n) is 10.7. The molecule has 0 saturated heterocycles. The molecule has 2 aromatic rings. The minimum Gasteiger partial charge on any atom is -0.447 e. The van der Waals surface area contributed by atoms with E-state index < -0.39 is 0 Å². The van der Waals surface area contributed by atoms with Gasteiger partial charge >= 0.3 is 0 Å². The van der Waals surface area contributed by atoms with Crippen molar-refractivity contribution in [2.45, 2.75) is 38.4 Å². The van der Waals surface area contributed by atoms with Gasteiger partial charge in [-0.25, -0.2) is 4.98 Å². The average molecular weight is 262 g/mol. The van der Waals surface area contributed by atoms with Crippen LogP contribution >= 0.6 is 0 Å². The van der Waals surface area contributed by atoms with Crippen LogP contribution in [0, 0.1) is 0 Å². The lowest BCUT2D eigenvalue weighted by Crippen LogP contribution is -2.25. The second-order valence-corrected chi connectivity index (χ2v) is 4.79. The van der Waals surface area contributed by atoms with Crippen LogP contribution in [-0.4, -0.2) is 26.5 Å². The van der Waals surface area contributed by atoms with Gasteiger partial charge in [-0.15, -0.1) is 0 Å². The van der Waals surface area contributed by atoms with E-state index in [0.29, 0.717) is 19.1 Å². The van der Waals surface area contributed by atoms with Gasteiger partial charge in [-0.2, -0.15) is 5.10 Å². The van der Waals surface area contributed by atoms with Crippen molar-refractivity contribution in [1.29, 1.82) is 0 Å². The van der Waals surface area contributed by atoms with Gasteiger partial charge in [0.15, 0.2) is 6.39 Å². The minimum atomic E-state index is 0.129. The Labute approximate surface area is 111 Å². The zero-order valence-corrected chi connectivity index (χ0v) is 10.7. The summed E-state index contributed by atoms with van der Waals surface area (Å²) in [6.07, 6.45) is 8.37. The van der Waals surface area contributed by atoms with Gasteiger partial charge < -0.3 is 14.8 Å². The van der Waals surface area contributed by atoms with Crippen LogP contribution in [-0.2, 0) is 19.5 Å². The van der Waals surface area contributed by atoms with E-state index in [-0.39, 0.29) is 6.61 Å². The molecule has 0 radical (unpaired) electrons. The Balaban J connectivity index is 1.71. The molecule has 0 aliphatic heterocycles. The van der Waals surface area contributed by atoms with Crippen LogP contribution in [0.5, 0.6) is 0 Å². The largest absolute Gasteiger partial charge is 0.447 e. The van der Waals surface area contributed by atoms with E-state index in [2.05, 4.69) is 15.4 Å². The predicted octanol–water partition coefficient (Wildman–Crippen LogP) is 1.03. The van der Waals surface area contributed by atoms with Crippen molar-refractivity contribution in [3.63, 3.8) is 0 Å². The van der Waals surface area contributed by atoms with Crippen molar-refractivity contribution in [3.8, 4) is 0 Å². The van der Waals surface area contributed by atoms with Crippen LogP contribution in [0.4, 0.5) is 0 Å². The Morgan fingerprint density at radius 1 is 1.47 bits per heavy atom. The minimum absolute atomic E-state index is 0.129. The van der Waals surface area contributed by atoms with Gasteiger partial charge in [-0.05, 0) is 19.3 Å². The maximum atomic E-state index is 9.04. The van der Waals surface area contributed by atoms with Crippen LogP contribution in [0.1, 0.15) is 35.9 Å². The number of aliphatic hydroxyl groups is 1. The van der Waals surface area contributed by atoms with Crippen LogP contribution in [0.25, 0.3) is 0 Å². The highest BCUT2D eigenvalue weighted by Crippen LogP contribution is 2.29. The normalized spacial score (nSPS) is 18.5. The van der Waals surface area contributed by atoms with Crippen molar-refractivity contribution < 1.29 is 9.52 Å². The molecule has 0 fully saturated rings. The van der Waals surface area contributed by atoms with Crippen LogP contribution in [0.3, 0.4) is 0 Å². The van der Waals surface area contributed by atoms with E-state index in [9.17, 15) is 0 Å². The summed E-state index contributed by atoms with van der Waals surface area (Å²) in [4.78, 5) is 3.91. The smallest absolute Gasteiger partial charge is 0.180 e. The number of nitrogens with one attached hydrogen (secondary N) is 1.